The molecule has 10 heteroatoms. The molecule has 2 fully saturated rings. The lowest BCUT2D eigenvalue weighted by Crippen LogP contribution is -2.34. The van der Waals surface area contributed by atoms with Gasteiger partial charge in [0.25, 0.3) is 0 Å². The van der Waals surface area contributed by atoms with Crippen LogP contribution in [0.15, 0.2) is 54.5 Å². The Hall–Kier alpha value is -3.66. The van der Waals surface area contributed by atoms with Crippen LogP contribution in [-0.4, -0.2) is 39.3 Å². The standard InChI is InChI=1S/C31H34F4N6/c1-19-4-3-10-40(16-19)17-20-12-26(31(33,34)35)29(36)28(13-20)41-11-9-22(14-27(41)21-5-6-21)24-8-7-23(32)15-25(24)30-38-37-18-39(30)2/h7-9,12-15,18-19,21H,3-6,10-11,16-17,36H2,1-2H3/t19-/m0/s1. The lowest BCUT2D eigenvalue weighted by atomic mass is 9.94. The maximum atomic E-state index is 14.3. The molecular formula is C31H34F4N6. The highest BCUT2D eigenvalue weighted by Gasteiger charge is 2.38. The summed E-state index contributed by atoms with van der Waals surface area (Å²) < 4.78 is 58.8. The van der Waals surface area contributed by atoms with E-state index in [-0.39, 0.29) is 17.4 Å². The maximum absolute atomic E-state index is 14.3. The van der Waals surface area contributed by atoms with E-state index in [9.17, 15) is 17.6 Å². The molecule has 1 saturated heterocycles. The number of nitrogens with two attached hydrogens (primary N) is 1. The van der Waals surface area contributed by atoms with Gasteiger partial charge in [-0.3, -0.25) is 4.90 Å². The van der Waals surface area contributed by atoms with Crippen molar-refractivity contribution in [2.24, 2.45) is 18.9 Å². The van der Waals surface area contributed by atoms with E-state index in [1.54, 1.807) is 24.0 Å². The van der Waals surface area contributed by atoms with E-state index in [1.807, 2.05) is 23.1 Å². The minimum Gasteiger partial charge on any atom is -0.397 e. The molecule has 0 unspecified atom stereocenters. The molecule has 0 amide bonds. The quantitative estimate of drug-likeness (QED) is 0.267. The molecule has 2 aliphatic heterocycles. The third-order valence-corrected chi connectivity index (χ3v) is 8.31. The summed E-state index contributed by atoms with van der Waals surface area (Å²) >= 11 is 0. The van der Waals surface area contributed by atoms with Gasteiger partial charge in [0.05, 0.1) is 16.9 Å². The average molecular weight is 567 g/mol. The molecule has 1 atom stereocenters. The van der Waals surface area contributed by atoms with Crippen molar-refractivity contribution in [1.82, 2.24) is 19.7 Å². The fraction of sp³-hybridized carbons (Fsp3) is 0.419. The van der Waals surface area contributed by atoms with Crippen LogP contribution in [0.4, 0.5) is 28.9 Å². The molecule has 1 aliphatic carbocycles. The van der Waals surface area contributed by atoms with Crippen molar-refractivity contribution in [3.63, 3.8) is 0 Å². The van der Waals surface area contributed by atoms with E-state index in [4.69, 9.17) is 5.73 Å². The molecule has 2 N–H and O–H groups in total. The lowest BCUT2D eigenvalue weighted by molar-refractivity contribution is -0.136. The van der Waals surface area contributed by atoms with Gasteiger partial charge >= 0.3 is 6.18 Å². The van der Waals surface area contributed by atoms with Gasteiger partial charge in [0.1, 0.15) is 12.1 Å². The van der Waals surface area contributed by atoms with Gasteiger partial charge in [-0.05, 0) is 91.1 Å². The minimum absolute atomic E-state index is 0.220. The summed E-state index contributed by atoms with van der Waals surface area (Å²) in [6.07, 6.45) is 5.06. The Balaban J connectivity index is 1.39. The second-order valence-corrected chi connectivity index (χ2v) is 11.6. The summed E-state index contributed by atoms with van der Waals surface area (Å²) in [5.41, 5.74) is 9.45. The molecular weight excluding hydrogens is 532 g/mol. The Morgan fingerprint density at radius 3 is 2.56 bits per heavy atom. The monoisotopic (exact) mass is 566 g/mol. The van der Waals surface area contributed by atoms with Crippen LogP contribution in [0.25, 0.3) is 17.0 Å². The number of nitrogens with zero attached hydrogens (tertiary/aromatic N) is 5. The number of hydrogen-bond acceptors (Lipinski definition) is 5. The van der Waals surface area contributed by atoms with Gasteiger partial charge in [0.2, 0.25) is 0 Å². The second-order valence-electron chi connectivity index (χ2n) is 11.6. The summed E-state index contributed by atoms with van der Waals surface area (Å²) in [7, 11) is 1.80. The van der Waals surface area contributed by atoms with Gasteiger partial charge in [0, 0.05) is 37.9 Å². The third kappa shape index (κ3) is 5.62. The molecule has 41 heavy (non-hydrogen) atoms. The zero-order chi connectivity index (χ0) is 28.9. The first-order chi connectivity index (χ1) is 19.6. The van der Waals surface area contributed by atoms with Gasteiger partial charge in [-0.2, -0.15) is 13.2 Å². The Bertz CT molecular complexity index is 1520. The first kappa shape index (κ1) is 27.5. The Morgan fingerprint density at radius 2 is 1.88 bits per heavy atom. The highest BCUT2D eigenvalue weighted by Crippen LogP contribution is 2.47. The van der Waals surface area contributed by atoms with E-state index in [1.165, 1.54) is 18.2 Å². The fourth-order valence-corrected chi connectivity index (χ4v) is 6.15. The maximum Gasteiger partial charge on any atom is 0.418 e. The van der Waals surface area contributed by atoms with Gasteiger partial charge in [0.15, 0.2) is 5.82 Å². The predicted molar refractivity (Wildman–Crippen MR) is 152 cm³/mol. The van der Waals surface area contributed by atoms with E-state index >= 15 is 0 Å². The summed E-state index contributed by atoms with van der Waals surface area (Å²) in [6, 6.07) is 7.62. The van der Waals surface area contributed by atoms with E-state index in [2.05, 4.69) is 22.0 Å². The SMILES string of the molecule is C[C@H]1CCCN(Cc2cc(N3CC=C(c4ccc(F)cc4-c4nncn4C)C=C3C3CC3)c(N)c(C(F)(F)F)c2)C1. The number of nitrogen functional groups attached to an aromatic ring is 1. The largest absolute Gasteiger partial charge is 0.418 e. The average Bonchev–Trinajstić information content (AvgIpc) is 3.68. The highest BCUT2D eigenvalue weighted by atomic mass is 19.4. The molecule has 0 spiro atoms. The molecule has 216 valence electrons. The molecule has 0 bridgehead atoms. The van der Waals surface area contributed by atoms with Gasteiger partial charge in [-0.15, -0.1) is 10.2 Å². The molecule has 1 aromatic heterocycles. The van der Waals surface area contributed by atoms with Crippen molar-refractivity contribution >= 4 is 16.9 Å². The molecule has 1 saturated carbocycles. The fourth-order valence-electron chi connectivity index (χ4n) is 6.15. The van der Waals surface area contributed by atoms with Crippen LogP contribution < -0.4 is 10.6 Å². The highest BCUT2D eigenvalue weighted by molar-refractivity contribution is 5.87. The number of aryl methyl sites for hydroxylation is 1. The number of anilines is 2. The molecule has 3 aromatic rings. The number of allylic oxidation sites excluding steroid dienone is 3. The second kappa shape index (κ2) is 10.6. The number of likely N-dealkylation sites (tertiary alicyclic amines) is 1. The van der Waals surface area contributed by atoms with E-state index in [0.717, 1.165) is 55.6 Å². The number of piperidine rings is 1. The van der Waals surface area contributed by atoms with Crippen LogP contribution in [0.1, 0.15) is 49.3 Å². The third-order valence-electron chi connectivity index (χ3n) is 8.31. The summed E-state index contributed by atoms with van der Waals surface area (Å²) in [5, 5.41) is 8.13. The number of hydrogen-bond donors (Lipinski definition) is 1. The zero-order valence-corrected chi connectivity index (χ0v) is 23.3. The Labute approximate surface area is 237 Å². The number of halogens is 4. The van der Waals surface area contributed by atoms with Crippen molar-refractivity contribution < 1.29 is 17.6 Å². The number of alkyl halides is 3. The zero-order valence-electron chi connectivity index (χ0n) is 23.3. The van der Waals surface area contributed by atoms with Crippen LogP contribution in [0.2, 0.25) is 0 Å². The van der Waals surface area contributed by atoms with Crippen molar-refractivity contribution in [3.8, 4) is 11.4 Å². The van der Waals surface area contributed by atoms with E-state index in [0.29, 0.717) is 41.6 Å². The van der Waals surface area contributed by atoms with Crippen molar-refractivity contribution in [1.29, 1.82) is 0 Å². The topological polar surface area (TPSA) is 63.2 Å². The first-order valence-corrected chi connectivity index (χ1v) is 14.1. The van der Waals surface area contributed by atoms with Crippen molar-refractivity contribution in [2.75, 3.05) is 30.3 Å². The Morgan fingerprint density at radius 1 is 1.07 bits per heavy atom. The van der Waals surface area contributed by atoms with Crippen molar-refractivity contribution in [3.05, 3.63) is 77.0 Å². The first-order valence-electron chi connectivity index (χ1n) is 14.1. The number of aromatic nitrogens is 3. The van der Waals surface area contributed by atoms with Crippen molar-refractivity contribution in [2.45, 2.75) is 45.3 Å². The number of rotatable bonds is 6. The van der Waals surface area contributed by atoms with Gasteiger partial charge < -0.3 is 15.2 Å². The summed E-state index contributed by atoms with van der Waals surface area (Å²) in [4.78, 5) is 4.16. The Kier molecular flexibility index (Phi) is 7.13. The molecule has 6 nitrogen and oxygen atoms in total. The van der Waals surface area contributed by atoms with E-state index < -0.39 is 11.7 Å². The molecule has 6 rings (SSSR count). The van der Waals surface area contributed by atoms with Crippen LogP contribution in [0.3, 0.4) is 0 Å². The summed E-state index contributed by atoms with van der Waals surface area (Å²) in [5.74, 6) is 0.886. The number of benzene rings is 2. The summed E-state index contributed by atoms with van der Waals surface area (Å²) in [6.45, 7) is 4.73. The van der Waals surface area contributed by atoms with Crippen LogP contribution in [0.5, 0.6) is 0 Å². The molecule has 2 aromatic carbocycles. The molecule has 3 aliphatic rings. The van der Waals surface area contributed by atoms with Crippen LogP contribution in [-0.2, 0) is 19.8 Å². The van der Waals surface area contributed by atoms with Crippen LogP contribution in [0, 0.1) is 17.7 Å². The van der Waals surface area contributed by atoms with Gasteiger partial charge in [-0.25, -0.2) is 4.39 Å². The molecule has 3 heterocycles. The smallest absolute Gasteiger partial charge is 0.397 e. The predicted octanol–water partition coefficient (Wildman–Crippen LogP) is 6.65. The molecule has 0 radical (unpaired) electrons. The van der Waals surface area contributed by atoms with Crippen LogP contribution >= 0.6 is 0 Å². The minimum atomic E-state index is -4.57. The lowest BCUT2D eigenvalue weighted by Gasteiger charge is -2.34. The normalized spacial score (nSPS) is 20.2. The van der Waals surface area contributed by atoms with Gasteiger partial charge in [-0.1, -0.05) is 19.1 Å².